The second kappa shape index (κ2) is 4.13. The number of morpholine rings is 1. The summed E-state index contributed by atoms with van der Waals surface area (Å²) in [6.45, 7) is 5.24. The molecule has 0 saturated carbocycles. The molecule has 88 valence electrons. The van der Waals surface area contributed by atoms with Gasteiger partial charge in [0.2, 0.25) is 0 Å². The highest BCUT2D eigenvalue weighted by molar-refractivity contribution is 5.85. The Morgan fingerprint density at radius 2 is 2.12 bits per heavy atom. The maximum absolute atomic E-state index is 10.7. The first-order chi connectivity index (χ1) is 7.56. The van der Waals surface area contributed by atoms with Crippen LogP contribution in [0.4, 0.5) is 6.01 Å². The minimum absolute atomic E-state index is 0.0678. The van der Waals surface area contributed by atoms with Crippen molar-refractivity contribution < 1.29 is 19.1 Å². The molecular formula is C10H14N2O4. The van der Waals surface area contributed by atoms with Gasteiger partial charge in [-0.2, -0.15) is 4.98 Å². The number of rotatable bonds is 2. The van der Waals surface area contributed by atoms with Gasteiger partial charge in [0.1, 0.15) is 6.26 Å². The van der Waals surface area contributed by atoms with Crippen LogP contribution in [-0.2, 0) is 4.74 Å². The van der Waals surface area contributed by atoms with E-state index in [1.165, 1.54) is 0 Å². The van der Waals surface area contributed by atoms with Crippen molar-refractivity contribution in [3.63, 3.8) is 0 Å². The molecule has 0 spiro atoms. The second-order valence-corrected chi connectivity index (χ2v) is 3.98. The van der Waals surface area contributed by atoms with Gasteiger partial charge in [0, 0.05) is 13.1 Å². The SMILES string of the molecule is C[C@@H]1CN(c2nc(C(=O)O)co2)C[C@H](C)O1. The largest absolute Gasteiger partial charge is 0.476 e. The molecule has 1 saturated heterocycles. The lowest BCUT2D eigenvalue weighted by molar-refractivity contribution is -0.00670. The number of carbonyl (C=O) groups is 1. The number of oxazole rings is 1. The zero-order chi connectivity index (χ0) is 11.7. The van der Waals surface area contributed by atoms with E-state index in [9.17, 15) is 4.79 Å². The second-order valence-electron chi connectivity index (χ2n) is 3.98. The number of nitrogens with zero attached hydrogens (tertiary/aromatic N) is 2. The number of anilines is 1. The number of hydrogen-bond acceptors (Lipinski definition) is 5. The summed E-state index contributed by atoms with van der Waals surface area (Å²) in [7, 11) is 0. The van der Waals surface area contributed by atoms with Crippen LogP contribution >= 0.6 is 0 Å². The Hall–Kier alpha value is -1.56. The fraction of sp³-hybridized carbons (Fsp3) is 0.600. The van der Waals surface area contributed by atoms with Gasteiger partial charge in [-0.25, -0.2) is 4.79 Å². The molecule has 0 radical (unpaired) electrons. The Morgan fingerprint density at radius 1 is 1.50 bits per heavy atom. The van der Waals surface area contributed by atoms with E-state index in [2.05, 4.69) is 4.98 Å². The number of ether oxygens (including phenoxy) is 1. The highest BCUT2D eigenvalue weighted by Gasteiger charge is 2.26. The van der Waals surface area contributed by atoms with E-state index in [4.69, 9.17) is 14.3 Å². The number of aromatic carboxylic acids is 1. The normalized spacial score (nSPS) is 25.8. The first-order valence-corrected chi connectivity index (χ1v) is 5.15. The average Bonchev–Trinajstić information content (AvgIpc) is 2.64. The van der Waals surface area contributed by atoms with Crippen LogP contribution in [-0.4, -0.2) is 41.4 Å². The summed E-state index contributed by atoms with van der Waals surface area (Å²) in [6, 6.07) is 0.347. The van der Waals surface area contributed by atoms with Crippen LogP contribution in [0.1, 0.15) is 24.3 Å². The fourth-order valence-corrected chi connectivity index (χ4v) is 1.84. The standard InChI is InChI=1S/C10H14N2O4/c1-6-3-12(4-7(2)16-6)10-11-8(5-15-10)9(13)14/h5-7H,3-4H2,1-2H3,(H,13,14)/t6-,7+. The summed E-state index contributed by atoms with van der Waals surface area (Å²) in [5, 5.41) is 8.73. The number of aromatic nitrogens is 1. The van der Waals surface area contributed by atoms with Gasteiger partial charge < -0.3 is 19.2 Å². The quantitative estimate of drug-likeness (QED) is 0.810. The molecule has 1 aliphatic heterocycles. The lowest BCUT2D eigenvalue weighted by atomic mass is 10.2. The molecule has 6 heteroatoms. The van der Waals surface area contributed by atoms with Gasteiger partial charge in [-0.3, -0.25) is 0 Å². The molecule has 16 heavy (non-hydrogen) atoms. The predicted molar refractivity (Wildman–Crippen MR) is 55.7 cm³/mol. The molecule has 0 amide bonds. The van der Waals surface area contributed by atoms with Crippen LogP contribution < -0.4 is 4.90 Å². The first kappa shape index (κ1) is 10.9. The lowest BCUT2D eigenvalue weighted by Crippen LogP contribution is -2.45. The van der Waals surface area contributed by atoms with E-state index in [1.54, 1.807) is 0 Å². The third kappa shape index (κ3) is 2.16. The van der Waals surface area contributed by atoms with E-state index < -0.39 is 5.97 Å². The van der Waals surface area contributed by atoms with Gasteiger partial charge in [-0.15, -0.1) is 0 Å². The predicted octanol–water partition coefficient (Wildman–Crippen LogP) is 0.986. The summed E-state index contributed by atoms with van der Waals surface area (Å²) in [5.41, 5.74) is -0.0678. The highest BCUT2D eigenvalue weighted by Crippen LogP contribution is 2.19. The van der Waals surface area contributed by atoms with Crippen molar-refractivity contribution in [3.05, 3.63) is 12.0 Å². The molecule has 0 aliphatic carbocycles. The van der Waals surface area contributed by atoms with E-state index in [-0.39, 0.29) is 17.9 Å². The van der Waals surface area contributed by atoms with Crippen LogP contribution in [0.5, 0.6) is 0 Å². The number of carboxylic acids is 1. The Balaban J connectivity index is 2.13. The van der Waals surface area contributed by atoms with E-state index in [1.807, 2.05) is 18.7 Å². The molecule has 0 aromatic carbocycles. The van der Waals surface area contributed by atoms with Crippen LogP contribution in [0.3, 0.4) is 0 Å². The van der Waals surface area contributed by atoms with Crippen LogP contribution in [0, 0.1) is 0 Å². The third-order valence-corrected chi connectivity index (χ3v) is 2.40. The van der Waals surface area contributed by atoms with Crippen LogP contribution in [0.25, 0.3) is 0 Å². The summed E-state index contributed by atoms with van der Waals surface area (Å²) >= 11 is 0. The van der Waals surface area contributed by atoms with Crippen molar-refractivity contribution in [2.45, 2.75) is 26.1 Å². The molecule has 2 rings (SSSR count). The van der Waals surface area contributed by atoms with Gasteiger partial charge in [0.25, 0.3) is 6.01 Å². The van der Waals surface area contributed by atoms with Crippen molar-refractivity contribution >= 4 is 12.0 Å². The molecule has 1 aromatic heterocycles. The van der Waals surface area contributed by atoms with Crippen molar-refractivity contribution in [2.75, 3.05) is 18.0 Å². The van der Waals surface area contributed by atoms with Crippen molar-refractivity contribution in [3.8, 4) is 0 Å². The van der Waals surface area contributed by atoms with Crippen molar-refractivity contribution in [1.29, 1.82) is 0 Å². The van der Waals surface area contributed by atoms with E-state index in [0.29, 0.717) is 19.1 Å². The zero-order valence-electron chi connectivity index (χ0n) is 9.21. The molecule has 6 nitrogen and oxygen atoms in total. The third-order valence-electron chi connectivity index (χ3n) is 2.40. The highest BCUT2D eigenvalue weighted by atomic mass is 16.5. The van der Waals surface area contributed by atoms with Gasteiger partial charge >= 0.3 is 5.97 Å². The van der Waals surface area contributed by atoms with Gasteiger partial charge in [-0.1, -0.05) is 0 Å². The molecule has 0 bridgehead atoms. The molecule has 1 aromatic rings. The number of hydrogen-bond donors (Lipinski definition) is 1. The van der Waals surface area contributed by atoms with Gasteiger partial charge in [-0.05, 0) is 13.8 Å². The van der Waals surface area contributed by atoms with Crippen LogP contribution in [0.15, 0.2) is 10.7 Å². The fourth-order valence-electron chi connectivity index (χ4n) is 1.84. The Bertz CT molecular complexity index is 380. The maximum Gasteiger partial charge on any atom is 0.357 e. The Morgan fingerprint density at radius 3 is 2.62 bits per heavy atom. The van der Waals surface area contributed by atoms with Gasteiger partial charge in [0.15, 0.2) is 5.69 Å². The topological polar surface area (TPSA) is 75.8 Å². The lowest BCUT2D eigenvalue weighted by Gasteiger charge is -2.34. The van der Waals surface area contributed by atoms with E-state index >= 15 is 0 Å². The smallest absolute Gasteiger partial charge is 0.357 e. The number of carboxylic acid groups (broad SMARTS) is 1. The van der Waals surface area contributed by atoms with Crippen molar-refractivity contribution in [1.82, 2.24) is 4.98 Å². The van der Waals surface area contributed by atoms with Crippen molar-refractivity contribution in [2.24, 2.45) is 0 Å². The minimum Gasteiger partial charge on any atom is -0.476 e. The maximum atomic E-state index is 10.7. The summed E-state index contributed by atoms with van der Waals surface area (Å²) in [5.74, 6) is -1.08. The Kier molecular flexibility index (Phi) is 2.82. The molecule has 2 heterocycles. The minimum atomic E-state index is -1.08. The monoisotopic (exact) mass is 226 g/mol. The molecule has 1 N–H and O–H groups in total. The zero-order valence-corrected chi connectivity index (χ0v) is 9.21. The summed E-state index contributed by atoms with van der Waals surface area (Å²) in [4.78, 5) is 16.5. The first-order valence-electron chi connectivity index (χ1n) is 5.15. The van der Waals surface area contributed by atoms with Crippen LogP contribution in [0.2, 0.25) is 0 Å². The Labute approximate surface area is 92.8 Å². The molecular weight excluding hydrogens is 212 g/mol. The van der Waals surface area contributed by atoms with Gasteiger partial charge in [0.05, 0.1) is 12.2 Å². The summed E-state index contributed by atoms with van der Waals surface area (Å²) in [6.07, 6.45) is 1.33. The van der Waals surface area contributed by atoms with E-state index in [0.717, 1.165) is 6.26 Å². The average molecular weight is 226 g/mol. The molecule has 0 unspecified atom stereocenters. The molecule has 1 aliphatic rings. The molecule has 1 fully saturated rings. The molecule has 2 atom stereocenters. The summed E-state index contributed by atoms with van der Waals surface area (Å²) < 4.78 is 10.7.